The number of halogens is 2. The Bertz CT molecular complexity index is 112. The van der Waals surface area contributed by atoms with E-state index in [4.69, 9.17) is 32.7 Å². The van der Waals surface area contributed by atoms with Gasteiger partial charge in [-0.15, -0.1) is 11.6 Å². The van der Waals surface area contributed by atoms with Crippen LogP contribution in [0, 0.1) is 0 Å². The molecule has 0 radical (unpaired) electrons. The smallest absolute Gasteiger partial charge is 0.152 e. The third kappa shape index (κ3) is 3.06. The van der Waals surface area contributed by atoms with E-state index in [1.54, 1.807) is 6.92 Å². The summed E-state index contributed by atoms with van der Waals surface area (Å²) < 4.78 is 10.1. The SMILES string of the molecule is CC(Cl)(CCl)OCC1CO1. The van der Waals surface area contributed by atoms with Crippen molar-refractivity contribution in [3.63, 3.8) is 0 Å². The second-order valence-electron chi connectivity index (χ2n) is 2.50. The Balaban J connectivity index is 2.09. The highest BCUT2D eigenvalue weighted by atomic mass is 35.5. The number of rotatable bonds is 4. The lowest BCUT2D eigenvalue weighted by Gasteiger charge is -2.18. The highest BCUT2D eigenvalue weighted by molar-refractivity contribution is 6.29. The molecule has 1 aliphatic rings. The molecule has 1 rings (SSSR count). The molecule has 1 fully saturated rings. The third-order valence-electron chi connectivity index (χ3n) is 1.21. The van der Waals surface area contributed by atoms with Crippen LogP contribution in [0.2, 0.25) is 0 Å². The van der Waals surface area contributed by atoms with E-state index >= 15 is 0 Å². The van der Waals surface area contributed by atoms with Crippen LogP contribution < -0.4 is 0 Å². The summed E-state index contributed by atoms with van der Waals surface area (Å²) in [6, 6.07) is 0. The maximum atomic E-state index is 5.78. The Hall–Kier alpha value is 0.500. The van der Waals surface area contributed by atoms with E-state index in [9.17, 15) is 0 Å². The van der Waals surface area contributed by atoms with Gasteiger partial charge in [0.15, 0.2) is 5.06 Å². The molecule has 0 aromatic rings. The summed E-state index contributed by atoms with van der Waals surface area (Å²) >= 11 is 11.3. The second-order valence-corrected chi connectivity index (χ2v) is 3.57. The Morgan fingerprint density at radius 3 is 2.80 bits per heavy atom. The van der Waals surface area contributed by atoms with E-state index in [0.717, 1.165) is 6.61 Å². The molecule has 0 aromatic carbocycles. The van der Waals surface area contributed by atoms with Crippen molar-refractivity contribution in [3.05, 3.63) is 0 Å². The van der Waals surface area contributed by atoms with Gasteiger partial charge in [0.2, 0.25) is 0 Å². The van der Waals surface area contributed by atoms with Crippen molar-refractivity contribution < 1.29 is 9.47 Å². The zero-order valence-corrected chi connectivity index (χ0v) is 7.28. The topological polar surface area (TPSA) is 21.8 Å². The van der Waals surface area contributed by atoms with Gasteiger partial charge in [-0.3, -0.25) is 0 Å². The zero-order valence-electron chi connectivity index (χ0n) is 5.77. The van der Waals surface area contributed by atoms with Gasteiger partial charge in [-0.2, -0.15) is 0 Å². The third-order valence-corrected chi connectivity index (χ3v) is 2.10. The van der Waals surface area contributed by atoms with Crippen molar-refractivity contribution in [3.8, 4) is 0 Å². The summed E-state index contributed by atoms with van der Waals surface area (Å²) in [5.74, 6) is 0.293. The van der Waals surface area contributed by atoms with Gasteiger partial charge in [-0.25, -0.2) is 0 Å². The second kappa shape index (κ2) is 3.26. The fourth-order valence-corrected chi connectivity index (χ4v) is 0.610. The molecule has 0 saturated carbocycles. The first-order valence-corrected chi connectivity index (χ1v) is 4.06. The van der Waals surface area contributed by atoms with Crippen LogP contribution in [0.15, 0.2) is 0 Å². The largest absolute Gasteiger partial charge is 0.371 e. The summed E-state index contributed by atoms with van der Waals surface area (Å²) in [5, 5.41) is -0.729. The lowest BCUT2D eigenvalue weighted by Crippen LogP contribution is -2.25. The van der Waals surface area contributed by atoms with Gasteiger partial charge in [0.05, 0.1) is 19.1 Å². The molecular formula is C6H10Cl2O2. The van der Waals surface area contributed by atoms with Crippen molar-refractivity contribution in [2.75, 3.05) is 19.1 Å². The molecule has 60 valence electrons. The van der Waals surface area contributed by atoms with Crippen LogP contribution in [0.3, 0.4) is 0 Å². The van der Waals surface area contributed by atoms with Crippen LogP contribution in [0.5, 0.6) is 0 Å². The van der Waals surface area contributed by atoms with Gasteiger partial charge in [0.25, 0.3) is 0 Å². The average molecular weight is 185 g/mol. The maximum Gasteiger partial charge on any atom is 0.152 e. The standard InChI is InChI=1S/C6H10Cl2O2/c1-6(8,4-7)10-3-5-2-9-5/h5H,2-4H2,1H3. The fraction of sp³-hybridized carbons (Fsp3) is 1.00. The summed E-state index contributed by atoms with van der Waals surface area (Å²) in [5.41, 5.74) is 0. The molecule has 0 spiro atoms. The molecule has 2 nitrogen and oxygen atoms in total. The molecule has 0 aliphatic carbocycles. The van der Waals surface area contributed by atoms with Gasteiger partial charge in [0, 0.05) is 0 Å². The van der Waals surface area contributed by atoms with Crippen molar-refractivity contribution in [1.29, 1.82) is 0 Å². The molecule has 0 bridgehead atoms. The van der Waals surface area contributed by atoms with Crippen LogP contribution in [0.1, 0.15) is 6.92 Å². The lowest BCUT2D eigenvalue weighted by atomic mass is 10.4. The first-order chi connectivity index (χ1) is 4.64. The number of hydrogen-bond acceptors (Lipinski definition) is 2. The van der Waals surface area contributed by atoms with Crippen molar-refractivity contribution >= 4 is 23.2 Å². The summed E-state index contributed by atoms with van der Waals surface area (Å²) in [6.45, 7) is 3.08. The number of epoxide rings is 1. The van der Waals surface area contributed by atoms with Gasteiger partial charge in [-0.05, 0) is 6.92 Å². The first kappa shape index (κ1) is 8.60. The van der Waals surface area contributed by atoms with Crippen LogP contribution in [-0.4, -0.2) is 30.3 Å². The number of alkyl halides is 2. The molecular weight excluding hydrogens is 175 g/mol. The minimum Gasteiger partial charge on any atom is -0.371 e. The fourth-order valence-electron chi connectivity index (χ4n) is 0.470. The van der Waals surface area contributed by atoms with Crippen LogP contribution in [0.4, 0.5) is 0 Å². The maximum absolute atomic E-state index is 5.78. The highest BCUT2D eigenvalue weighted by Gasteiger charge is 2.28. The van der Waals surface area contributed by atoms with E-state index in [0.29, 0.717) is 12.5 Å². The van der Waals surface area contributed by atoms with E-state index < -0.39 is 5.06 Å². The predicted octanol–water partition coefficient (Wildman–Crippen LogP) is 1.60. The van der Waals surface area contributed by atoms with Crippen LogP contribution >= 0.6 is 23.2 Å². The molecule has 2 unspecified atom stereocenters. The summed E-state index contributed by atoms with van der Waals surface area (Å²) in [6.07, 6.45) is 0.251. The summed E-state index contributed by atoms with van der Waals surface area (Å²) in [4.78, 5) is 0. The monoisotopic (exact) mass is 184 g/mol. The highest BCUT2D eigenvalue weighted by Crippen LogP contribution is 2.20. The molecule has 1 heterocycles. The molecule has 0 amide bonds. The minimum absolute atomic E-state index is 0.251. The van der Waals surface area contributed by atoms with E-state index in [1.807, 2.05) is 0 Å². The number of ether oxygens (including phenoxy) is 2. The number of hydrogen-bond donors (Lipinski definition) is 0. The Labute approximate surface area is 70.4 Å². The Morgan fingerprint density at radius 2 is 2.40 bits per heavy atom. The molecule has 1 saturated heterocycles. The molecule has 10 heavy (non-hydrogen) atoms. The summed E-state index contributed by atoms with van der Waals surface area (Å²) in [7, 11) is 0. The van der Waals surface area contributed by atoms with Crippen LogP contribution in [-0.2, 0) is 9.47 Å². The van der Waals surface area contributed by atoms with Gasteiger partial charge >= 0.3 is 0 Å². The Morgan fingerprint density at radius 1 is 1.80 bits per heavy atom. The van der Waals surface area contributed by atoms with Gasteiger partial charge < -0.3 is 9.47 Å². The van der Waals surface area contributed by atoms with Crippen molar-refractivity contribution in [1.82, 2.24) is 0 Å². The van der Waals surface area contributed by atoms with Crippen LogP contribution in [0.25, 0.3) is 0 Å². The molecule has 4 heteroatoms. The van der Waals surface area contributed by atoms with Gasteiger partial charge in [-0.1, -0.05) is 11.6 Å². The molecule has 0 aromatic heterocycles. The first-order valence-electron chi connectivity index (χ1n) is 3.14. The van der Waals surface area contributed by atoms with E-state index in [1.165, 1.54) is 0 Å². The predicted molar refractivity (Wildman–Crippen MR) is 40.7 cm³/mol. The van der Waals surface area contributed by atoms with Crippen molar-refractivity contribution in [2.24, 2.45) is 0 Å². The van der Waals surface area contributed by atoms with Gasteiger partial charge in [0.1, 0.15) is 6.10 Å². The quantitative estimate of drug-likeness (QED) is 0.490. The molecule has 1 aliphatic heterocycles. The van der Waals surface area contributed by atoms with Crippen molar-refractivity contribution in [2.45, 2.75) is 18.1 Å². The molecule has 0 N–H and O–H groups in total. The Kier molecular flexibility index (Phi) is 2.81. The zero-order chi connectivity index (χ0) is 7.61. The average Bonchev–Trinajstić information content (AvgIpc) is 2.66. The minimum atomic E-state index is -0.729. The van der Waals surface area contributed by atoms with E-state index in [-0.39, 0.29) is 6.10 Å². The molecule has 2 atom stereocenters. The lowest BCUT2D eigenvalue weighted by molar-refractivity contribution is 0.0382. The van der Waals surface area contributed by atoms with E-state index in [2.05, 4.69) is 0 Å². The normalized spacial score (nSPS) is 29.7.